The number of thiophene rings is 1. The van der Waals surface area contributed by atoms with Gasteiger partial charge in [-0.15, -0.1) is 11.3 Å². The number of carbonyl (C=O) groups is 3. The Labute approximate surface area is 131 Å². The Morgan fingerprint density at radius 3 is 2.36 bits per heavy atom. The third-order valence-corrected chi connectivity index (χ3v) is 5.33. The predicted molar refractivity (Wildman–Crippen MR) is 81.4 cm³/mol. The molecule has 22 heavy (non-hydrogen) atoms. The summed E-state index contributed by atoms with van der Waals surface area (Å²) in [4.78, 5) is 35.5. The van der Waals surface area contributed by atoms with Crippen LogP contribution in [0.25, 0.3) is 0 Å². The Bertz CT molecular complexity index is 666. The molecule has 0 aliphatic heterocycles. The molecule has 116 valence electrons. The van der Waals surface area contributed by atoms with E-state index in [1.54, 1.807) is 11.4 Å². The van der Waals surface area contributed by atoms with Crippen LogP contribution < -0.4 is 11.1 Å². The van der Waals surface area contributed by atoms with Crippen molar-refractivity contribution in [1.29, 1.82) is 0 Å². The molecule has 1 fully saturated rings. The van der Waals surface area contributed by atoms with Gasteiger partial charge < -0.3 is 16.2 Å². The fourth-order valence-corrected chi connectivity index (χ4v) is 4.28. The Balaban J connectivity index is 1.84. The Hall–Kier alpha value is -2.15. The monoisotopic (exact) mass is 320 g/mol. The molecule has 3 aliphatic carbocycles. The van der Waals surface area contributed by atoms with Gasteiger partial charge in [0.1, 0.15) is 5.00 Å². The Morgan fingerprint density at radius 2 is 1.82 bits per heavy atom. The summed E-state index contributed by atoms with van der Waals surface area (Å²) in [5.74, 6) is -3.39. The maximum absolute atomic E-state index is 12.6. The molecule has 0 radical (unpaired) electrons. The predicted octanol–water partition coefficient (Wildman–Crippen LogP) is 1.70. The largest absolute Gasteiger partial charge is 0.481 e. The maximum atomic E-state index is 12.6. The van der Waals surface area contributed by atoms with Gasteiger partial charge in [0, 0.05) is 0 Å². The molecule has 6 nitrogen and oxygen atoms in total. The highest BCUT2D eigenvalue weighted by molar-refractivity contribution is 7.14. The van der Waals surface area contributed by atoms with E-state index in [4.69, 9.17) is 5.73 Å². The van der Waals surface area contributed by atoms with Gasteiger partial charge in [0.2, 0.25) is 5.91 Å². The average Bonchev–Trinajstić information content (AvgIpc) is 2.95. The molecule has 7 heteroatoms. The quantitative estimate of drug-likeness (QED) is 0.733. The molecule has 4 N–H and O–H groups in total. The van der Waals surface area contributed by atoms with Gasteiger partial charge in [0.25, 0.3) is 5.91 Å². The van der Waals surface area contributed by atoms with Gasteiger partial charge in [-0.1, -0.05) is 12.2 Å². The number of nitrogens with two attached hydrogens (primary N) is 1. The summed E-state index contributed by atoms with van der Waals surface area (Å²) >= 11 is 1.20. The first-order valence-electron chi connectivity index (χ1n) is 7.08. The van der Waals surface area contributed by atoms with Crippen LogP contribution in [-0.4, -0.2) is 22.9 Å². The topological polar surface area (TPSA) is 109 Å². The van der Waals surface area contributed by atoms with E-state index >= 15 is 0 Å². The second kappa shape index (κ2) is 5.57. The van der Waals surface area contributed by atoms with Crippen LogP contribution in [0.1, 0.15) is 23.2 Å². The van der Waals surface area contributed by atoms with Gasteiger partial charge in [-0.25, -0.2) is 0 Å². The Morgan fingerprint density at radius 1 is 1.18 bits per heavy atom. The fourth-order valence-electron chi connectivity index (χ4n) is 3.48. The zero-order valence-corrected chi connectivity index (χ0v) is 12.5. The minimum absolute atomic E-state index is 0.0666. The summed E-state index contributed by atoms with van der Waals surface area (Å²) in [6.07, 6.45) is 5.47. The van der Waals surface area contributed by atoms with Crippen LogP contribution in [0.4, 0.5) is 5.00 Å². The van der Waals surface area contributed by atoms with Crippen molar-refractivity contribution in [3.05, 3.63) is 29.2 Å². The van der Waals surface area contributed by atoms with Gasteiger partial charge in [0.15, 0.2) is 0 Å². The summed E-state index contributed by atoms with van der Waals surface area (Å²) in [7, 11) is 0. The van der Waals surface area contributed by atoms with E-state index in [2.05, 4.69) is 5.32 Å². The van der Waals surface area contributed by atoms with Gasteiger partial charge >= 0.3 is 5.97 Å². The van der Waals surface area contributed by atoms with Gasteiger partial charge in [0.05, 0.1) is 17.4 Å². The third-order valence-electron chi connectivity index (χ3n) is 4.50. The molecule has 1 aromatic heterocycles. The minimum atomic E-state index is -0.944. The minimum Gasteiger partial charge on any atom is -0.481 e. The van der Waals surface area contributed by atoms with Crippen molar-refractivity contribution >= 4 is 34.1 Å². The molecule has 0 saturated heterocycles. The second-order valence-electron chi connectivity index (χ2n) is 5.70. The van der Waals surface area contributed by atoms with Crippen LogP contribution in [0, 0.1) is 23.7 Å². The summed E-state index contributed by atoms with van der Waals surface area (Å²) in [5, 5.41) is 14.2. The number of carboxylic acid groups (broad SMARTS) is 1. The third kappa shape index (κ3) is 2.41. The molecule has 4 atom stereocenters. The number of amides is 2. The fraction of sp³-hybridized carbons (Fsp3) is 0.400. The van der Waals surface area contributed by atoms with E-state index in [-0.39, 0.29) is 23.3 Å². The van der Waals surface area contributed by atoms with Crippen molar-refractivity contribution in [1.82, 2.24) is 0 Å². The zero-order valence-electron chi connectivity index (χ0n) is 11.7. The first-order chi connectivity index (χ1) is 10.5. The standard InChI is InChI=1S/C15H16N2O4S/c16-12(18)9-5-6-22-14(9)17-13(19)10-7-1-3-8(4-2-7)11(10)15(20)21/h1,3,5-8,10-11H,2,4H2,(H2,16,18)(H,17,19)(H,20,21)/t7-,8+,10+,11+/m1/s1. The highest BCUT2D eigenvalue weighted by Gasteiger charge is 2.48. The zero-order chi connectivity index (χ0) is 15.9. The Kier molecular flexibility index (Phi) is 3.74. The first kappa shape index (κ1) is 14.8. The van der Waals surface area contributed by atoms with Gasteiger partial charge in [-0.2, -0.15) is 0 Å². The van der Waals surface area contributed by atoms with E-state index in [1.165, 1.54) is 11.3 Å². The van der Waals surface area contributed by atoms with Crippen LogP contribution >= 0.6 is 11.3 Å². The summed E-state index contributed by atoms with van der Waals surface area (Å²) < 4.78 is 0. The summed E-state index contributed by atoms with van der Waals surface area (Å²) in [6, 6.07) is 1.55. The SMILES string of the molecule is NC(=O)c1ccsc1NC(=O)[C@@H]1[C@@H](C(=O)O)[C@H]2C=C[C@@H]1CC2. The van der Waals surface area contributed by atoms with E-state index < -0.39 is 23.7 Å². The molecule has 3 aliphatic rings. The number of nitrogens with one attached hydrogen (secondary N) is 1. The van der Waals surface area contributed by atoms with Crippen molar-refractivity contribution < 1.29 is 19.5 Å². The number of rotatable bonds is 4. The summed E-state index contributed by atoms with van der Waals surface area (Å²) in [6.45, 7) is 0. The van der Waals surface area contributed by atoms with Crippen molar-refractivity contribution in [2.45, 2.75) is 12.8 Å². The van der Waals surface area contributed by atoms with Crippen LogP contribution in [0.15, 0.2) is 23.6 Å². The molecule has 0 aromatic carbocycles. The second-order valence-corrected chi connectivity index (χ2v) is 6.61. The molecular weight excluding hydrogens is 304 g/mol. The number of anilines is 1. The van der Waals surface area contributed by atoms with Crippen LogP contribution in [0.2, 0.25) is 0 Å². The average molecular weight is 320 g/mol. The molecule has 2 amide bonds. The molecule has 1 heterocycles. The van der Waals surface area contributed by atoms with Crippen LogP contribution in [0.3, 0.4) is 0 Å². The molecule has 2 bridgehead atoms. The molecule has 4 rings (SSSR count). The highest BCUT2D eigenvalue weighted by Crippen LogP contribution is 2.45. The van der Waals surface area contributed by atoms with Crippen molar-refractivity contribution in [2.24, 2.45) is 29.4 Å². The van der Waals surface area contributed by atoms with Crippen LogP contribution in [0.5, 0.6) is 0 Å². The van der Waals surface area contributed by atoms with Crippen LogP contribution in [-0.2, 0) is 9.59 Å². The number of carbonyl (C=O) groups excluding carboxylic acids is 2. The lowest BCUT2D eigenvalue weighted by Crippen LogP contribution is -2.47. The molecule has 1 saturated carbocycles. The number of fused-ring (bicyclic) bond motifs is 2. The number of carboxylic acids is 1. The lowest BCUT2D eigenvalue weighted by atomic mass is 9.62. The van der Waals surface area contributed by atoms with E-state index in [9.17, 15) is 19.5 Å². The number of aliphatic carboxylic acids is 1. The van der Waals surface area contributed by atoms with E-state index in [0.29, 0.717) is 5.00 Å². The summed E-state index contributed by atoms with van der Waals surface area (Å²) in [5.41, 5.74) is 5.51. The first-order valence-corrected chi connectivity index (χ1v) is 7.96. The lowest BCUT2D eigenvalue weighted by molar-refractivity contribution is -0.151. The number of hydrogen-bond acceptors (Lipinski definition) is 4. The van der Waals surface area contributed by atoms with E-state index in [1.807, 2.05) is 12.2 Å². The number of allylic oxidation sites excluding steroid dienone is 2. The molecular formula is C15H16N2O4S. The lowest BCUT2D eigenvalue weighted by Gasteiger charge is -2.41. The van der Waals surface area contributed by atoms with Crippen molar-refractivity contribution in [3.8, 4) is 0 Å². The number of primary amides is 1. The van der Waals surface area contributed by atoms with Gasteiger partial charge in [-0.3, -0.25) is 14.4 Å². The normalized spacial score (nSPS) is 29.3. The maximum Gasteiger partial charge on any atom is 0.307 e. The molecule has 0 unspecified atom stereocenters. The molecule has 1 aromatic rings. The molecule has 0 spiro atoms. The van der Waals surface area contributed by atoms with Crippen molar-refractivity contribution in [3.63, 3.8) is 0 Å². The number of hydrogen-bond donors (Lipinski definition) is 3. The smallest absolute Gasteiger partial charge is 0.307 e. The van der Waals surface area contributed by atoms with Gasteiger partial charge in [-0.05, 0) is 36.1 Å². The van der Waals surface area contributed by atoms with E-state index in [0.717, 1.165) is 12.8 Å². The van der Waals surface area contributed by atoms with Crippen molar-refractivity contribution in [2.75, 3.05) is 5.32 Å². The highest BCUT2D eigenvalue weighted by atomic mass is 32.1.